The topological polar surface area (TPSA) is 62.4 Å². The maximum atomic E-state index is 13.4. The molecule has 7 heteroatoms. The van der Waals surface area contributed by atoms with E-state index in [1.165, 1.54) is 6.07 Å². The van der Waals surface area contributed by atoms with Crippen LogP contribution in [0.3, 0.4) is 0 Å². The van der Waals surface area contributed by atoms with Crippen LogP contribution in [0, 0.1) is 5.82 Å². The number of carbonyl (C=O) groups is 1. The highest BCUT2D eigenvalue weighted by Crippen LogP contribution is 2.06. The Bertz CT molecular complexity index is 471. The van der Waals surface area contributed by atoms with Crippen LogP contribution in [0.25, 0.3) is 0 Å². The van der Waals surface area contributed by atoms with Crippen LogP contribution in [0.15, 0.2) is 24.3 Å². The lowest BCUT2D eigenvalue weighted by Crippen LogP contribution is -2.50. The lowest BCUT2D eigenvalue weighted by Gasteiger charge is -2.16. The zero-order chi connectivity index (χ0) is 15.0. The highest BCUT2D eigenvalue weighted by atomic mass is 32.1. The summed E-state index contributed by atoms with van der Waals surface area (Å²) in [5.41, 5.74) is 5.29. The second kappa shape index (κ2) is 8.44. The number of benzene rings is 1. The number of amides is 1. The first-order valence-electron chi connectivity index (χ1n) is 6.10. The molecule has 0 aliphatic carbocycles. The summed E-state index contributed by atoms with van der Waals surface area (Å²) in [6, 6.07) is 6.15. The molecule has 5 nitrogen and oxygen atoms in total. The average molecular weight is 299 g/mol. The van der Waals surface area contributed by atoms with E-state index in [1.807, 2.05) is 6.92 Å². The molecular formula is C13H18FN3O2S. The number of rotatable bonds is 5. The molecule has 0 unspecified atom stereocenters. The molecule has 110 valence electrons. The Labute approximate surface area is 122 Å². The Hall–Kier alpha value is -1.73. The van der Waals surface area contributed by atoms with Crippen LogP contribution in [0.2, 0.25) is 0 Å². The molecule has 0 aromatic heterocycles. The number of halogens is 1. The maximum Gasteiger partial charge on any atom is 0.242 e. The molecule has 0 aliphatic heterocycles. The van der Waals surface area contributed by atoms with E-state index in [4.69, 9.17) is 17.0 Å². The largest absolute Gasteiger partial charge is 0.383 e. The minimum atomic E-state index is -0.405. The number of hydrogen-bond acceptors (Lipinski definition) is 3. The predicted octanol–water partition coefficient (Wildman–Crippen LogP) is 0.898. The van der Waals surface area contributed by atoms with E-state index in [9.17, 15) is 9.18 Å². The summed E-state index contributed by atoms with van der Waals surface area (Å²) >= 11 is 4.99. The van der Waals surface area contributed by atoms with E-state index < -0.39 is 5.82 Å². The van der Waals surface area contributed by atoms with E-state index in [0.717, 1.165) is 0 Å². The molecule has 0 saturated carbocycles. The number of hydrazine groups is 1. The average Bonchev–Trinajstić information content (AvgIpc) is 2.39. The molecule has 20 heavy (non-hydrogen) atoms. The molecule has 0 aliphatic rings. The van der Waals surface area contributed by atoms with Crippen LogP contribution in [-0.4, -0.2) is 30.8 Å². The molecule has 3 N–H and O–H groups in total. The Morgan fingerprint density at radius 1 is 1.40 bits per heavy atom. The summed E-state index contributed by atoms with van der Waals surface area (Å²) < 4.78 is 18.3. The van der Waals surface area contributed by atoms with Gasteiger partial charge in [0, 0.05) is 13.2 Å². The van der Waals surface area contributed by atoms with E-state index >= 15 is 0 Å². The van der Waals surface area contributed by atoms with Crippen LogP contribution in [0.1, 0.15) is 12.5 Å². The zero-order valence-corrected chi connectivity index (χ0v) is 12.2. The summed E-state index contributed by atoms with van der Waals surface area (Å²) in [4.78, 5) is 11.6. The molecular weight excluding hydrogens is 281 g/mol. The Morgan fingerprint density at radius 2 is 2.10 bits per heavy atom. The van der Waals surface area contributed by atoms with Crippen LogP contribution in [0.4, 0.5) is 4.39 Å². The minimum absolute atomic E-state index is 0.0171. The van der Waals surface area contributed by atoms with Crippen LogP contribution < -0.4 is 16.2 Å². The van der Waals surface area contributed by atoms with Gasteiger partial charge in [-0.15, -0.1) is 0 Å². The Kier molecular flexibility index (Phi) is 6.89. The lowest BCUT2D eigenvalue weighted by molar-refractivity contribution is -0.121. The number of carbonyl (C=O) groups excluding carboxylic acids is 1. The van der Waals surface area contributed by atoms with Crippen molar-refractivity contribution in [3.63, 3.8) is 0 Å². The van der Waals surface area contributed by atoms with Crippen LogP contribution in [-0.2, 0) is 16.0 Å². The highest BCUT2D eigenvalue weighted by molar-refractivity contribution is 7.80. The van der Waals surface area contributed by atoms with Gasteiger partial charge in [0.25, 0.3) is 0 Å². The van der Waals surface area contributed by atoms with Crippen molar-refractivity contribution in [2.75, 3.05) is 13.7 Å². The molecule has 0 heterocycles. The van der Waals surface area contributed by atoms with Crippen molar-refractivity contribution in [2.45, 2.75) is 19.4 Å². The van der Waals surface area contributed by atoms with Gasteiger partial charge in [-0.3, -0.25) is 15.6 Å². The Morgan fingerprint density at radius 3 is 2.75 bits per heavy atom. The van der Waals surface area contributed by atoms with Gasteiger partial charge in [-0.25, -0.2) is 4.39 Å². The normalized spacial score (nSPS) is 11.6. The van der Waals surface area contributed by atoms with Crippen molar-refractivity contribution >= 4 is 23.2 Å². The fraction of sp³-hybridized carbons (Fsp3) is 0.385. The predicted molar refractivity (Wildman–Crippen MR) is 78.5 cm³/mol. The van der Waals surface area contributed by atoms with Crippen molar-refractivity contribution in [1.29, 1.82) is 0 Å². The van der Waals surface area contributed by atoms with Gasteiger partial charge >= 0.3 is 0 Å². The summed E-state index contributed by atoms with van der Waals surface area (Å²) in [5, 5.41) is 3.19. The lowest BCUT2D eigenvalue weighted by atomic mass is 10.1. The maximum absolute atomic E-state index is 13.4. The van der Waals surface area contributed by atoms with Crippen molar-refractivity contribution in [1.82, 2.24) is 16.2 Å². The molecule has 0 spiro atoms. The molecule has 1 atom stereocenters. The molecule has 0 bridgehead atoms. The highest BCUT2D eigenvalue weighted by Gasteiger charge is 2.08. The zero-order valence-electron chi connectivity index (χ0n) is 11.4. The van der Waals surface area contributed by atoms with Gasteiger partial charge in [0.15, 0.2) is 5.11 Å². The van der Waals surface area contributed by atoms with Gasteiger partial charge in [-0.2, -0.15) is 0 Å². The van der Waals surface area contributed by atoms with Crippen molar-refractivity contribution in [2.24, 2.45) is 0 Å². The molecule has 0 saturated heterocycles. The monoisotopic (exact) mass is 299 g/mol. The van der Waals surface area contributed by atoms with Crippen LogP contribution in [0.5, 0.6) is 0 Å². The molecule has 1 aromatic rings. The molecule has 1 rings (SSSR count). The SMILES string of the molecule is COC[C@H](C)NC(=S)NNC(=O)Cc1ccccc1F. The minimum Gasteiger partial charge on any atom is -0.383 e. The summed E-state index contributed by atoms with van der Waals surface area (Å²) in [5.74, 6) is -0.782. The van der Waals surface area contributed by atoms with Crippen LogP contribution >= 0.6 is 12.2 Å². The summed E-state index contributed by atoms with van der Waals surface area (Å²) in [6.07, 6.45) is -0.0596. The smallest absolute Gasteiger partial charge is 0.242 e. The van der Waals surface area contributed by atoms with E-state index in [0.29, 0.717) is 12.2 Å². The van der Waals surface area contributed by atoms with Gasteiger partial charge in [0.05, 0.1) is 13.0 Å². The number of nitrogens with one attached hydrogen (secondary N) is 3. The standard InChI is InChI=1S/C13H18FN3O2S/c1-9(8-19-2)15-13(20)17-16-12(18)7-10-5-3-4-6-11(10)14/h3-6,9H,7-8H2,1-2H3,(H,16,18)(H2,15,17,20)/t9-/m0/s1. The van der Waals surface area contributed by atoms with E-state index in [1.54, 1.807) is 25.3 Å². The molecule has 0 radical (unpaired) electrons. The number of hydrogen-bond donors (Lipinski definition) is 3. The number of thiocarbonyl (C=S) groups is 1. The van der Waals surface area contributed by atoms with E-state index in [-0.39, 0.29) is 23.5 Å². The van der Waals surface area contributed by atoms with Gasteiger partial charge in [0.2, 0.25) is 5.91 Å². The van der Waals surface area contributed by atoms with E-state index in [2.05, 4.69) is 16.2 Å². The quantitative estimate of drug-likeness (QED) is 0.557. The third-order valence-corrected chi connectivity index (χ3v) is 2.64. The molecule has 1 aromatic carbocycles. The molecule has 0 fully saturated rings. The number of ether oxygens (including phenoxy) is 1. The Balaban J connectivity index is 2.33. The van der Waals surface area contributed by atoms with Gasteiger partial charge in [-0.1, -0.05) is 18.2 Å². The van der Waals surface area contributed by atoms with Crippen molar-refractivity contribution in [3.8, 4) is 0 Å². The third-order valence-electron chi connectivity index (χ3n) is 2.42. The second-order valence-electron chi connectivity index (χ2n) is 4.27. The first-order valence-corrected chi connectivity index (χ1v) is 6.51. The summed E-state index contributed by atoms with van der Waals surface area (Å²) in [6.45, 7) is 2.38. The fourth-order valence-electron chi connectivity index (χ4n) is 1.54. The fourth-order valence-corrected chi connectivity index (χ4v) is 1.79. The first-order chi connectivity index (χ1) is 9.52. The van der Waals surface area contributed by atoms with Crippen molar-refractivity contribution in [3.05, 3.63) is 35.6 Å². The first kappa shape index (κ1) is 16.3. The summed E-state index contributed by atoms with van der Waals surface area (Å²) in [7, 11) is 1.59. The van der Waals surface area contributed by atoms with Crippen molar-refractivity contribution < 1.29 is 13.9 Å². The number of methoxy groups -OCH3 is 1. The second-order valence-corrected chi connectivity index (χ2v) is 4.68. The molecule has 1 amide bonds. The third kappa shape index (κ3) is 5.94. The van der Waals surface area contributed by atoms with Gasteiger partial charge < -0.3 is 10.1 Å². The van der Waals surface area contributed by atoms with Gasteiger partial charge in [0.1, 0.15) is 5.82 Å². The van der Waals surface area contributed by atoms with Gasteiger partial charge in [-0.05, 0) is 30.8 Å².